The molecule has 3 rings (SSSR count). The van der Waals surface area contributed by atoms with Crippen molar-refractivity contribution in [2.75, 3.05) is 40.0 Å². The van der Waals surface area contributed by atoms with Crippen LogP contribution in [0.2, 0.25) is 0 Å². The average Bonchev–Trinajstić information content (AvgIpc) is 2.66. The third kappa shape index (κ3) is 4.95. The van der Waals surface area contributed by atoms with Gasteiger partial charge < -0.3 is 19.9 Å². The summed E-state index contributed by atoms with van der Waals surface area (Å²) in [5.41, 5.74) is 2.35. The van der Waals surface area contributed by atoms with E-state index < -0.39 is 0 Å². The van der Waals surface area contributed by atoms with E-state index in [1.54, 1.807) is 19.2 Å². The first-order chi connectivity index (χ1) is 12.3. The van der Waals surface area contributed by atoms with Crippen molar-refractivity contribution in [3.05, 3.63) is 59.7 Å². The van der Waals surface area contributed by atoms with E-state index in [1.807, 2.05) is 24.3 Å². The summed E-state index contributed by atoms with van der Waals surface area (Å²) < 4.78 is 10.8. The molecule has 1 aliphatic heterocycles. The van der Waals surface area contributed by atoms with Crippen molar-refractivity contribution < 1.29 is 14.6 Å². The summed E-state index contributed by atoms with van der Waals surface area (Å²) in [6.45, 7) is 4.99. The Kier molecular flexibility index (Phi) is 6.28. The van der Waals surface area contributed by atoms with Gasteiger partial charge in [-0.15, -0.1) is 0 Å². The molecule has 0 radical (unpaired) electrons. The Balaban J connectivity index is 1.67. The van der Waals surface area contributed by atoms with Gasteiger partial charge in [-0.25, -0.2) is 0 Å². The fourth-order valence-corrected chi connectivity index (χ4v) is 3.19. The van der Waals surface area contributed by atoms with E-state index in [0.29, 0.717) is 5.75 Å². The zero-order valence-corrected chi connectivity index (χ0v) is 14.6. The maximum atomic E-state index is 9.59. The lowest BCUT2D eigenvalue weighted by molar-refractivity contribution is 0.0161. The molecule has 1 atom stereocenters. The van der Waals surface area contributed by atoms with Gasteiger partial charge in [0.2, 0.25) is 0 Å². The molecule has 1 unspecified atom stereocenters. The summed E-state index contributed by atoms with van der Waals surface area (Å²) in [4.78, 5) is 2.46. The van der Waals surface area contributed by atoms with Gasteiger partial charge in [-0.2, -0.15) is 0 Å². The number of hydrogen-bond acceptors (Lipinski definition) is 5. The predicted molar refractivity (Wildman–Crippen MR) is 97.9 cm³/mol. The lowest BCUT2D eigenvalue weighted by Gasteiger charge is -2.35. The van der Waals surface area contributed by atoms with Crippen molar-refractivity contribution >= 4 is 0 Å². The third-order valence-electron chi connectivity index (χ3n) is 4.56. The van der Waals surface area contributed by atoms with Crippen molar-refractivity contribution in [2.45, 2.75) is 12.6 Å². The largest absolute Gasteiger partial charge is 0.508 e. The van der Waals surface area contributed by atoms with E-state index >= 15 is 0 Å². The minimum absolute atomic E-state index is 0.284. The zero-order valence-electron chi connectivity index (χ0n) is 14.6. The molecule has 5 heteroatoms. The summed E-state index contributed by atoms with van der Waals surface area (Å²) in [5, 5.41) is 13.1. The van der Waals surface area contributed by atoms with Crippen LogP contribution in [0.4, 0.5) is 0 Å². The minimum Gasteiger partial charge on any atom is -0.508 e. The number of phenolic OH excluding ortho intramolecular Hbond substituents is 1. The van der Waals surface area contributed by atoms with Crippen molar-refractivity contribution in [1.82, 2.24) is 10.2 Å². The van der Waals surface area contributed by atoms with Crippen LogP contribution in [0.25, 0.3) is 0 Å². The van der Waals surface area contributed by atoms with Gasteiger partial charge >= 0.3 is 0 Å². The maximum absolute atomic E-state index is 9.59. The number of methoxy groups -OCH3 is 1. The Bertz CT molecular complexity index is 654. The summed E-state index contributed by atoms with van der Waals surface area (Å²) in [5.74, 6) is 1.18. The van der Waals surface area contributed by atoms with Crippen LogP contribution in [0.5, 0.6) is 11.5 Å². The fourth-order valence-electron chi connectivity index (χ4n) is 3.19. The number of morpholine rings is 1. The molecule has 0 saturated carbocycles. The molecular weight excluding hydrogens is 316 g/mol. The van der Waals surface area contributed by atoms with Gasteiger partial charge in [-0.1, -0.05) is 24.3 Å². The van der Waals surface area contributed by atoms with Crippen LogP contribution in [0.15, 0.2) is 48.5 Å². The quantitative estimate of drug-likeness (QED) is 0.810. The van der Waals surface area contributed by atoms with Gasteiger partial charge in [-0.05, 0) is 35.4 Å². The molecule has 0 bridgehead atoms. The van der Waals surface area contributed by atoms with Crippen LogP contribution in [-0.4, -0.2) is 50.0 Å². The van der Waals surface area contributed by atoms with Gasteiger partial charge in [0, 0.05) is 32.2 Å². The van der Waals surface area contributed by atoms with Crippen molar-refractivity contribution in [3.63, 3.8) is 0 Å². The molecule has 0 amide bonds. The van der Waals surface area contributed by atoms with Crippen molar-refractivity contribution in [2.24, 2.45) is 0 Å². The zero-order chi connectivity index (χ0) is 17.5. The van der Waals surface area contributed by atoms with E-state index in [1.165, 1.54) is 5.56 Å². The normalized spacial score (nSPS) is 16.5. The smallest absolute Gasteiger partial charge is 0.118 e. The lowest BCUT2D eigenvalue weighted by atomic mass is 10.0. The Morgan fingerprint density at radius 3 is 2.60 bits per heavy atom. The van der Waals surface area contributed by atoms with Crippen LogP contribution in [0.1, 0.15) is 17.2 Å². The molecule has 1 saturated heterocycles. The highest BCUT2D eigenvalue weighted by atomic mass is 16.5. The number of nitrogens with zero attached hydrogens (tertiary/aromatic N) is 1. The number of benzene rings is 2. The molecule has 25 heavy (non-hydrogen) atoms. The third-order valence-corrected chi connectivity index (χ3v) is 4.56. The van der Waals surface area contributed by atoms with Crippen LogP contribution in [0.3, 0.4) is 0 Å². The van der Waals surface area contributed by atoms with E-state index in [0.717, 1.165) is 50.7 Å². The molecular formula is C20H26N2O3. The summed E-state index contributed by atoms with van der Waals surface area (Å²) >= 11 is 0. The second-order valence-electron chi connectivity index (χ2n) is 6.24. The Morgan fingerprint density at radius 2 is 1.92 bits per heavy atom. The molecule has 5 nitrogen and oxygen atoms in total. The van der Waals surface area contributed by atoms with Crippen molar-refractivity contribution in [3.8, 4) is 11.5 Å². The predicted octanol–water partition coefficient (Wildman–Crippen LogP) is 2.56. The number of aromatic hydroxyl groups is 1. The number of hydrogen-bond donors (Lipinski definition) is 2. The van der Waals surface area contributed by atoms with Gasteiger partial charge in [-0.3, -0.25) is 4.90 Å². The maximum Gasteiger partial charge on any atom is 0.118 e. The molecule has 1 heterocycles. The van der Waals surface area contributed by atoms with Crippen LogP contribution < -0.4 is 10.1 Å². The second-order valence-corrected chi connectivity index (χ2v) is 6.24. The number of phenols is 1. The van der Waals surface area contributed by atoms with Gasteiger partial charge in [0.25, 0.3) is 0 Å². The van der Waals surface area contributed by atoms with E-state index in [2.05, 4.69) is 22.3 Å². The monoisotopic (exact) mass is 342 g/mol. The van der Waals surface area contributed by atoms with Crippen molar-refractivity contribution in [1.29, 1.82) is 0 Å². The highest BCUT2D eigenvalue weighted by Crippen LogP contribution is 2.24. The molecule has 0 spiro atoms. The SMILES string of the molecule is COc1ccc(C(CNCc2cccc(O)c2)N2CCOCC2)cc1. The summed E-state index contributed by atoms with van der Waals surface area (Å²) in [7, 11) is 1.69. The second kappa shape index (κ2) is 8.85. The molecule has 134 valence electrons. The topological polar surface area (TPSA) is 54.0 Å². The Morgan fingerprint density at radius 1 is 1.16 bits per heavy atom. The first kappa shape index (κ1) is 17.7. The summed E-state index contributed by atoms with van der Waals surface area (Å²) in [6.07, 6.45) is 0. The van der Waals surface area contributed by atoms with Gasteiger partial charge in [0.05, 0.1) is 20.3 Å². The van der Waals surface area contributed by atoms with Crippen LogP contribution >= 0.6 is 0 Å². The highest BCUT2D eigenvalue weighted by Gasteiger charge is 2.22. The Labute approximate surface area is 149 Å². The Hall–Kier alpha value is -2.08. The van der Waals surface area contributed by atoms with Gasteiger partial charge in [0.15, 0.2) is 0 Å². The average molecular weight is 342 g/mol. The molecule has 0 aromatic heterocycles. The van der Waals surface area contributed by atoms with Crippen LogP contribution in [-0.2, 0) is 11.3 Å². The fraction of sp³-hybridized carbons (Fsp3) is 0.400. The summed E-state index contributed by atoms with van der Waals surface area (Å²) in [6, 6.07) is 16.0. The highest BCUT2D eigenvalue weighted by molar-refractivity contribution is 5.30. The number of rotatable bonds is 7. The molecule has 2 N–H and O–H groups in total. The molecule has 1 fully saturated rings. The van der Waals surface area contributed by atoms with Crippen LogP contribution in [0, 0.1) is 0 Å². The first-order valence-corrected chi connectivity index (χ1v) is 8.70. The number of ether oxygens (including phenoxy) is 2. The van der Waals surface area contributed by atoms with Gasteiger partial charge in [0.1, 0.15) is 11.5 Å². The molecule has 2 aromatic rings. The van der Waals surface area contributed by atoms with E-state index in [-0.39, 0.29) is 6.04 Å². The molecule has 1 aliphatic rings. The number of nitrogens with one attached hydrogen (secondary N) is 1. The minimum atomic E-state index is 0.284. The molecule has 2 aromatic carbocycles. The standard InChI is InChI=1S/C20H26N2O3/c1-24-19-7-5-17(6-8-19)20(22-9-11-25-12-10-22)15-21-14-16-3-2-4-18(23)13-16/h2-8,13,20-21,23H,9-12,14-15H2,1H3. The molecule has 0 aliphatic carbocycles. The van der Waals surface area contributed by atoms with E-state index in [4.69, 9.17) is 9.47 Å². The lowest BCUT2D eigenvalue weighted by Crippen LogP contribution is -2.42. The van der Waals surface area contributed by atoms with E-state index in [9.17, 15) is 5.11 Å². The first-order valence-electron chi connectivity index (χ1n) is 8.70.